The molecule has 0 fully saturated rings. The van der Waals surface area contributed by atoms with Crippen LogP contribution in [0.15, 0.2) is 28.7 Å². The highest BCUT2D eigenvalue weighted by Gasteiger charge is 2.04. The van der Waals surface area contributed by atoms with Gasteiger partial charge in [0.25, 0.3) is 0 Å². The smallest absolute Gasteiger partial charge is 0.304 e. The van der Waals surface area contributed by atoms with E-state index in [1.165, 1.54) is 0 Å². The molecule has 15 heavy (non-hydrogen) atoms. The maximum absolute atomic E-state index is 10.3. The second kappa shape index (κ2) is 5.88. The van der Waals surface area contributed by atoms with E-state index in [1.54, 1.807) is 0 Å². The number of hydrogen-bond acceptors (Lipinski definition) is 2. The van der Waals surface area contributed by atoms with Gasteiger partial charge >= 0.3 is 5.97 Å². The van der Waals surface area contributed by atoms with E-state index in [4.69, 9.17) is 5.11 Å². The Hall–Kier alpha value is -0.870. The Morgan fingerprint density at radius 1 is 1.47 bits per heavy atom. The summed E-state index contributed by atoms with van der Waals surface area (Å²) in [5, 5.41) is 11.6. The maximum atomic E-state index is 10.3. The Labute approximate surface area is 97.6 Å². The zero-order chi connectivity index (χ0) is 11.3. The third-order valence-corrected chi connectivity index (χ3v) is 2.69. The largest absolute Gasteiger partial charge is 0.481 e. The zero-order valence-electron chi connectivity index (χ0n) is 8.53. The van der Waals surface area contributed by atoms with E-state index in [0.29, 0.717) is 6.54 Å². The third kappa shape index (κ3) is 4.44. The zero-order valence-corrected chi connectivity index (χ0v) is 10.1. The van der Waals surface area contributed by atoms with Crippen molar-refractivity contribution in [3.8, 4) is 0 Å². The van der Waals surface area contributed by atoms with Gasteiger partial charge < -0.3 is 10.4 Å². The minimum Gasteiger partial charge on any atom is -0.481 e. The van der Waals surface area contributed by atoms with Crippen molar-refractivity contribution < 1.29 is 9.90 Å². The number of carbonyl (C=O) groups is 1. The molecule has 4 heteroatoms. The Morgan fingerprint density at radius 3 is 2.60 bits per heavy atom. The summed E-state index contributed by atoms with van der Waals surface area (Å²) in [4.78, 5) is 10.3. The minimum absolute atomic E-state index is 0.154. The normalized spacial score (nSPS) is 12.4. The fraction of sp³-hybridized carbons (Fsp3) is 0.364. The van der Waals surface area contributed by atoms with Gasteiger partial charge in [-0.2, -0.15) is 0 Å². The average molecular weight is 272 g/mol. The fourth-order valence-corrected chi connectivity index (χ4v) is 1.53. The van der Waals surface area contributed by atoms with Gasteiger partial charge in [0.15, 0.2) is 0 Å². The number of halogens is 1. The lowest BCUT2D eigenvalue weighted by molar-refractivity contribution is -0.136. The van der Waals surface area contributed by atoms with Gasteiger partial charge in [-0.15, -0.1) is 0 Å². The summed E-state index contributed by atoms with van der Waals surface area (Å²) in [5.41, 5.74) is 1.16. The standard InChI is InChI=1S/C11H14BrNO2/c1-8(13-7-6-11(14)15)9-2-4-10(12)5-3-9/h2-5,8,13H,6-7H2,1H3,(H,14,15). The van der Waals surface area contributed by atoms with Crippen molar-refractivity contribution in [2.24, 2.45) is 0 Å². The summed E-state index contributed by atoms with van der Waals surface area (Å²) >= 11 is 3.37. The third-order valence-electron chi connectivity index (χ3n) is 2.16. The molecule has 1 aromatic carbocycles. The summed E-state index contributed by atoms with van der Waals surface area (Å²) in [6.07, 6.45) is 0.154. The second-order valence-corrected chi connectivity index (χ2v) is 4.29. The molecule has 0 aliphatic carbocycles. The van der Waals surface area contributed by atoms with Gasteiger partial charge in [-0.25, -0.2) is 0 Å². The number of carboxylic acid groups (broad SMARTS) is 1. The number of carboxylic acids is 1. The fourth-order valence-electron chi connectivity index (χ4n) is 1.26. The summed E-state index contributed by atoms with van der Waals surface area (Å²) in [7, 11) is 0. The Balaban J connectivity index is 2.43. The molecule has 82 valence electrons. The van der Waals surface area contributed by atoms with Crippen molar-refractivity contribution in [1.29, 1.82) is 0 Å². The van der Waals surface area contributed by atoms with E-state index in [-0.39, 0.29) is 12.5 Å². The molecule has 0 saturated heterocycles. The van der Waals surface area contributed by atoms with Crippen LogP contribution in [0.1, 0.15) is 24.9 Å². The van der Waals surface area contributed by atoms with Crippen LogP contribution < -0.4 is 5.32 Å². The molecule has 0 heterocycles. The van der Waals surface area contributed by atoms with E-state index < -0.39 is 5.97 Å². The van der Waals surface area contributed by atoms with Crippen LogP contribution >= 0.6 is 15.9 Å². The van der Waals surface area contributed by atoms with Gasteiger partial charge in [0, 0.05) is 17.1 Å². The van der Waals surface area contributed by atoms with Gasteiger partial charge in [0.05, 0.1) is 6.42 Å². The molecule has 2 N–H and O–H groups in total. The highest BCUT2D eigenvalue weighted by atomic mass is 79.9. The van der Waals surface area contributed by atoms with Crippen LogP contribution in [0.5, 0.6) is 0 Å². The molecule has 0 aliphatic rings. The topological polar surface area (TPSA) is 49.3 Å². The molecule has 1 aromatic rings. The number of rotatable bonds is 5. The predicted molar refractivity (Wildman–Crippen MR) is 62.8 cm³/mol. The lowest BCUT2D eigenvalue weighted by atomic mass is 10.1. The van der Waals surface area contributed by atoms with Gasteiger partial charge in [0.2, 0.25) is 0 Å². The lowest BCUT2D eigenvalue weighted by Crippen LogP contribution is -2.21. The van der Waals surface area contributed by atoms with Gasteiger partial charge in [0.1, 0.15) is 0 Å². The molecule has 3 nitrogen and oxygen atoms in total. The molecule has 0 aliphatic heterocycles. The van der Waals surface area contributed by atoms with Crippen LogP contribution in [-0.2, 0) is 4.79 Å². The van der Waals surface area contributed by atoms with Crippen LogP contribution in [0.2, 0.25) is 0 Å². The van der Waals surface area contributed by atoms with Crippen LogP contribution in [0, 0.1) is 0 Å². The Morgan fingerprint density at radius 2 is 2.07 bits per heavy atom. The molecular formula is C11H14BrNO2. The molecule has 1 atom stereocenters. The van der Waals surface area contributed by atoms with Crippen molar-refractivity contribution in [2.45, 2.75) is 19.4 Å². The molecule has 1 unspecified atom stereocenters. The highest BCUT2D eigenvalue weighted by Crippen LogP contribution is 2.16. The number of aliphatic carboxylic acids is 1. The summed E-state index contributed by atoms with van der Waals surface area (Å²) < 4.78 is 1.05. The van der Waals surface area contributed by atoms with E-state index >= 15 is 0 Å². The summed E-state index contributed by atoms with van der Waals surface area (Å²) in [6, 6.07) is 8.16. The van der Waals surface area contributed by atoms with Gasteiger partial charge in [-0.1, -0.05) is 28.1 Å². The summed E-state index contributed by atoms with van der Waals surface area (Å²) in [6.45, 7) is 2.51. The highest BCUT2D eigenvalue weighted by molar-refractivity contribution is 9.10. The van der Waals surface area contributed by atoms with Gasteiger partial charge in [-0.3, -0.25) is 4.79 Å². The quantitative estimate of drug-likeness (QED) is 0.866. The summed E-state index contributed by atoms with van der Waals surface area (Å²) in [5.74, 6) is -0.773. The number of benzene rings is 1. The molecule has 0 saturated carbocycles. The Kier molecular flexibility index (Phi) is 4.78. The Bertz CT molecular complexity index is 324. The first kappa shape index (κ1) is 12.2. The maximum Gasteiger partial charge on any atom is 0.304 e. The van der Waals surface area contributed by atoms with Crippen LogP contribution in [0.3, 0.4) is 0 Å². The molecule has 0 aromatic heterocycles. The molecule has 1 rings (SSSR count). The van der Waals surface area contributed by atoms with Crippen molar-refractivity contribution in [2.75, 3.05) is 6.54 Å². The average Bonchev–Trinajstić information content (AvgIpc) is 2.18. The number of nitrogens with one attached hydrogen (secondary N) is 1. The van der Waals surface area contributed by atoms with Crippen LogP contribution in [0.4, 0.5) is 0 Å². The van der Waals surface area contributed by atoms with Gasteiger partial charge in [-0.05, 0) is 24.6 Å². The monoisotopic (exact) mass is 271 g/mol. The molecule has 0 amide bonds. The molecule has 0 spiro atoms. The van der Waals surface area contributed by atoms with E-state index in [1.807, 2.05) is 31.2 Å². The first-order chi connectivity index (χ1) is 7.09. The van der Waals surface area contributed by atoms with E-state index in [0.717, 1.165) is 10.0 Å². The lowest BCUT2D eigenvalue weighted by Gasteiger charge is -2.13. The molecule has 0 bridgehead atoms. The van der Waals surface area contributed by atoms with Crippen LogP contribution in [-0.4, -0.2) is 17.6 Å². The van der Waals surface area contributed by atoms with Crippen molar-refractivity contribution >= 4 is 21.9 Å². The predicted octanol–water partition coefficient (Wildman–Crippen LogP) is 2.57. The second-order valence-electron chi connectivity index (χ2n) is 3.37. The van der Waals surface area contributed by atoms with Crippen LogP contribution in [0.25, 0.3) is 0 Å². The van der Waals surface area contributed by atoms with Crippen molar-refractivity contribution in [1.82, 2.24) is 5.32 Å². The first-order valence-electron chi connectivity index (χ1n) is 4.80. The van der Waals surface area contributed by atoms with E-state index in [9.17, 15) is 4.79 Å². The van der Waals surface area contributed by atoms with Crippen molar-refractivity contribution in [3.63, 3.8) is 0 Å². The first-order valence-corrected chi connectivity index (χ1v) is 5.59. The SMILES string of the molecule is CC(NCCC(=O)O)c1ccc(Br)cc1. The minimum atomic E-state index is -0.773. The van der Waals surface area contributed by atoms with E-state index in [2.05, 4.69) is 21.2 Å². The molecular weight excluding hydrogens is 258 g/mol. The van der Waals surface area contributed by atoms with Crippen molar-refractivity contribution in [3.05, 3.63) is 34.3 Å². The number of hydrogen-bond donors (Lipinski definition) is 2. The molecule has 0 radical (unpaired) electrons.